The van der Waals surface area contributed by atoms with Gasteiger partial charge in [0.05, 0.1) is 12.4 Å². The molecule has 55 heavy (non-hydrogen) atoms. The van der Waals surface area contributed by atoms with E-state index in [1.165, 1.54) is 11.1 Å². The molecule has 0 unspecified atom stereocenters. The highest BCUT2D eigenvalue weighted by Crippen LogP contribution is 2.38. The van der Waals surface area contributed by atoms with Crippen molar-refractivity contribution in [3.8, 4) is 78.7 Å². The normalized spacial score (nSPS) is 12.5. The number of para-hydroxylation sites is 1. The van der Waals surface area contributed by atoms with Gasteiger partial charge in [-0.15, -0.1) is 0 Å². The predicted octanol–water partition coefficient (Wildman–Crippen LogP) is 13.4. The molecular weight excluding hydrogens is 671 g/mol. The minimum atomic E-state index is -0.427. The fourth-order valence-corrected chi connectivity index (χ4v) is 7.02. The summed E-state index contributed by atoms with van der Waals surface area (Å²) in [5, 5.41) is 1.92. The van der Waals surface area contributed by atoms with Gasteiger partial charge in [-0.1, -0.05) is 182 Å². The Kier molecular flexibility index (Phi) is 6.85. The molecule has 0 atom stereocenters. The lowest BCUT2D eigenvalue weighted by atomic mass is 9.97. The maximum atomic E-state index is 8.45. The largest absolute Gasteiger partial charge is 0.455 e. The second kappa shape index (κ2) is 13.8. The minimum Gasteiger partial charge on any atom is -0.455 e. The van der Waals surface area contributed by atoms with Crippen LogP contribution in [-0.4, -0.2) is 15.0 Å². The van der Waals surface area contributed by atoms with Crippen LogP contribution in [0.4, 0.5) is 0 Å². The standard InChI is InChI=1S/C51H33N3O/c1-4-11-34(12-5-1)36-19-21-38(22-20-36)39-23-25-40(26-24-39)43-31-32-44-45-17-10-18-46(48(45)55-47(44)33-43)51-53-49(41-15-8-3-9-16-41)52-50(54-51)42-29-27-37(28-30-42)35-13-6-2-7-14-35/h1-33H/i2D,6D,7D,13D,14D. The van der Waals surface area contributed by atoms with Gasteiger partial charge in [-0.05, 0) is 62.7 Å². The number of hydrogen-bond acceptors (Lipinski definition) is 4. The number of hydrogen-bond donors (Lipinski definition) is 0. The Hall–Kier alpha value is -7.43. The van der Waals surface area contributed by atoms with Gasteiger partial charge in [0.15, 0.2) is 17.5 Å². The molecule has 0 aliphatic rings. The van der Waals surface area contributed by atoms with Crippen LogP contribution in [0.25, 0.3) is 101 Å². The van der Waals surface area contributed by atoms with Crippen LogP contribution in [-0.2, 0) is 0 Å². The van der Waals surface area contributed by atoms with E-state index in [2.05, 4.69) is 91.0 Å². The van der Waals surface area contributed by atoms with E-state index in [1.807, 2.05) is 54.6 Å². The molecule has 0 aliphatic carbocycles. The Morgan fingerprint density at radius 2 is 0.800 bits per heavy atom. The first-order valence-electron chi connectivity index (χ1n) is 20.5. The molecule has 0 saturated heterocycles. The van der Waals surface area contributed by atoms with E-state index in [9.17, 15) is 0 Å². The lowest BCUT2D eigenvalue weighted by Gasteiger charge is -2.09. The van der Waals surface area contributed by atoms with Gasteiger partial charge in [0.2, 0.25) is 0 Å². The average molecular weight is 709 g/mol. The molecule has 0 bridgehead atoms. The van der Waals surface area contributed by atoms with E-state index in [1.54, 1.807) is 24.3 Å². The first kappa shape index (κ1) is 27.2. The summed E-state index contributed by atoms with van der Waals surface area (Å²) in [5.41, 5.74) is 11.0. The van der Waals surface area contributed by atoms with Gasteiger partial charge in [-0.3, -0.25) is 0 Å². The second-order valence-corrected chi connectivity index (χ2v) is 13.3. The van der Waals surface area contributed by atoms with Gasteiger partial charge < -0.3 is 4.42 Å². The molecule has 10 aromatic rings. The Balaban J connectivity index is 1.01. The van der Waals surface area contributed by atoms with Gasteiger partial charge in [-0.2, -0.15) is 0 Å². The van der Waals surface area contributed by atoms with Crippen molar-refractivity contribution >= 4 is 21.9 Å². The van der Waals surface area contributed by atoms with E-state index in [0.29, 0.717) is 39.7 Å². The highest BCUT2D eigenvalue weighted by atomic mass is 16.3. The smallest absolute Gasteiger partial charge is 0.167 e. The number of aromatic nitrogens is 3. The molecule has 0 amide bonds. The molecule has 8 aromatic carbocycles. The Labute approximate surface area is 326 Å². The molecule has 2 heterocycles. The van der Waals surface area contributed by atoms with Crippen LogP contribution in [0, 0.1) is 0 Å². The van der Waals surface area contributed by atoms with Crippen LogP contribution in [0.1, 0.15) is 6.85 Å². The zero-order valence-corrected chi connectivity index (χ0v) is 29.4. The summed E-state index contributed by atoms with van der Waals surface area (Å²) in [6.45, 7) is 0. The van der Waals surface area contributed by atoms with Crippen LogP contribution < -0.4 is 0 Å². The maximum absolute atomic E-state index is 8.45. The zero-order chi connectivity index (χ0) is 40.9. The summed E-state index contributed by atoms with van der Waals surface area (Å²) in [6, 6.07) is 54.9. The summed E-state index contributed by atoms with van der Waals surface area (Å²) in [4.78, 5) is 14.8. The molecule has 4 nitrogen and oxygen atoms in total. The molecule has 0 spiro atoms. The van der Waals surface area contributed by atoms with Gasteiger partial charge in [0.25, 0.3) is 0 Å². The number of nitrogens with zero attached hydrogens (tertiary/aromatic N) is 3. The second-order valence-electron chi connectivity index (χ2n) is 13.3. The lowest BCUT2D eigenvalue weighted by molar-refractivity contribution is 0.669. The molecule has 0 aliphatic heterocycles. The Morgan fingerprint density at radius 3 is 1.40 bits per heavy atom. The molecule has 4 heteroatoms. The van der Waals surface area contributed by atoms with E-state index in [0.717, 1.165) is 44.2 Å². The molecule has 0 fully saturated rings. The summed E-state index contributed by atoms with van der Waals surface area (Å²) in [7, 11) is 0. The predicted molar refractivity (Wildman–Crippen MR) is 225 cm³/mol. The molecule has 10 rings (SSSR count). The molecule has 2 aromatic heterocycles. The number of furan rings is 1. The first-order chi connectivity index (χ1) is 29.3. The van der Waals surface area contributed by atoms with Crippen LogP contribution in [0.15, 0.2) is 204 Å². The molecule has 0 radical (unpaired) electrons. The monoisotopic (exact) mass is 708 g/mol. The highest BCUT2D eigenvalue weighted by Gasteiger charge is 2.18. The van der Waals surface area contributed by atoms with E-state index in [-0.39, 0.29) is 29.7 Å². The fraction of sp³-hybridized carbons (Fsp3) is 0. The third-order valence-electron chi connectivity index (χ3n) is 9.88. The zero-order valence-electron chi connectivity index (χ0n) is 34.4. The maximum Gasteiger partial charge on any atom is 0.167 e. The van der Waals surface area contributed by atoms with E-state index >= 15 is 0 Å². The molecule has 0 N–H and O–H groups in total. The number of fused-ring (bicyclic) bond motifs is 3. The summed E-state index contributed by atoms with van der Waals surface area (Å²) >= 11 is 0. The minimum absolute atomic E-state index is 0.135. The van der Waals surface area contributed by atoms with Gasteiger partial charge in [0.1, 0.15) is 11.2 Å². The summed E-state index contributed by atoms with van der Waals surface area (Å²) in [6.07, 6.45) is 0. The lowest BCUT2D eigenvalue weighted by Crippen LogP contribution is -2.00. The fourth-order valence-electron chi connectivity index (χ4n) is 7.02. The van der Waals surface area contributed by atoms with E-state index in [4.69, 9.17) is 26.2 Å². The highest BCUT2D eigenvalue weighted by molar-refractivity contribution is 6.10. The van der Waals surface area contributed by atoms with Crippen molar-refractivity contribution in [2.75, 3.05) is 0 Å². The first-order valence-corrected chi connectivity index (χ1v) is 18.0. The molecule has 0 saturated carbocycles. The molecular formula is C51H33N3O. The van der Waals surface area contributed by atoms with Gasteiger partial charge in [-0.25, -0.2) is 15.0 Å². The summed E-state index contributed by atoms with van der Waals surface area (Å²) < 4.78 is 47.8. The van der Waals surface area contributed by atoms with Crippen molar-refractivity contribution in [2.24, 2.45) is 0 Å². The number of rotatable bonds is 7. The Bertz CT molecular complexity index is 3200. The number of benzene rings is 8. The molecule has 258 valence electrons. The van der Waals surface area contributed by atoms with Gasteiger partial charge in [0, 0.05) is 21.9 Å². The van der Waals surface area contributed by atoms with Crippen molar-refractivity contribution < 1.29 is 11.3 Å². The topological polar surface area (TPSA) is 51.8 Å². The average Bonchev–Trinajstić information content (AvgIpc) is 3.69. The van der Waals surface area contributed by atoms with Crippen LogP contribution in [0.5, 0.6) is 0 Å². The van der Waals surface area contributed by atoms with Crippen molar-refractivity contribution in [3.63, 3.8) is 0 Å². The van der Waals surface area contributed by atoms with Crippen LogP contribution in [0.3, 0.4) is 0 Å². The van der Waals surface area contributed by atoms with Crippen molar-refractivity contribution in [3.05, 3.63) is 200 Å². The van der Waals surface area contributed by atoms with Crippen molar-refractivity contribution in [2.45, 2.75) is 0 Å². The third-order valence-corrected chi connectivity index (χ3v) is 9.88. The SMILES string of the molecule is [2H]c1c([2H])c([2H])c(-c2ccc(-c3nc(-c4ccccc4)nc(-c4cccc5c4oc4cc(-c6ccc(-c7ccc(-c8ccccc8)cc7)cc6)ccc45)n3)cc2)c([2H])c1[2H]. The van der Waals surface area contributed by atoms with Gasteiger partial charge >= 0.3 is 0 Å². The quantitative estimate of drug-likeness (QED) is 0.165. The Morgan fingerprint density at radius 1 is 0.345 bits per heavy atom. The van der Waals surface area contributed by atoms with E-state index < -0.39 is 6.04 Å². The van der Waals surface area contributed by atoms with Crippen molar-refractivity contribution in [1.29, 1.82) is 0 Å². The van der Waals surface area contributed by atoms with Crippen LogP contribution >= 0.6 is 0 Å². The third kappa shape index (κ3) is 6.26. The van der Waals surface area contributed by atoms with Crippen LogP contribution in [0.2, 0.25) is 0 Å². The summed E-state index contributed by atoms with van der Waals surface area (Å²) in [5.74, 6) is 1.33. The van der Waals surface area contributed by atoms with Crippen molar-refractivity contribution in [1.82, 2.24) is 15.0 Å².